The van der Waals surface area contributed by atoms with Crippen molar-refractivity contribution < 1.29 is 14.6 Å². The van der Waals surface area contributed by atoms with Crippen LogP contribution in [0.1, 0.15) is 19.3 Å². The van der Waals surface area contributed by atoms with Crippen molar-refractivity contribution in [1.29, 1.82) is 0 Å². The summed E-state index contributed by atoms with van der Waals surface area (Å²) in [4.78, 5) is 25.3. The number of carboxylic acid groups (broad SMARTS) is 1. The Kier molecular flexibility index (Phi) is 4.23. The molecule has 4 rings (SSSR count). The van der Waals surface area contributed by atoms with Gasteiger partial charge in [0.05, 0.1) is 17.9 Å². The first kappa shape index (κ1) is 15.8. The van der Waals surface area contributed by atoms with E-state index in [1.54, 1.807) is 0 Å². The third-order valence-electron chi connectivity index (χ3n) is 4.62. The molecule has 1 aliphatic heterocycles. The van der Waals surface area contributed by atoms with E-state index in [0.29, 0.717) is 13.1 Å². The maximum atomic E-state index is 11.1. The zero-order chi connectivity index (χ0) is 17.2. The molecule has 2 N–H and O–H groups in total. The number of carbonyl (C=O) groups is 1. The van der Waals surface area contributed by atoms with Gasteiger partial charge in [0.2, 0.25) is 0 Å². The molecule has 3 heterocycles. The minimum Gasteiger partial charge on any atom is -0.481 e. The van der Waals surface area contributed by atoms with E-state index in [1.165, 1.54) is 6.33 Å². The van der Waals surface area contributed by atoms with Crippen LogP contribution in [0.5, 0.6) is 0 Å². The summed E-state index contributed by atoms with van der Waals surface area (Å²) in [5, 5.41) is 11.1. The van der Waals surface area contributed by atoms with Gasteiger partial charge in [-0.15, -0.1) is 0 Å². The molecule has 3 aromatic rings. The first-order valence-electron chi connectivity index (χ1n) is 8.52. The molecule has 1 atom stereocenters. The summed E-state index contributed by atoms with van der Waals surface area (Å²) in [7, 11) is 0. The zero-order valence-corrected chi connectivity index (χ0v) is 13.8. The van der Waals surface area contributed by atoms with Crippen LogP contribution < -0.4 is 4.90 Å². The van der Waals surface area contributed by atoms with Crippen LogP contribution in [0.25, 0.3) is 21.9 Å². The standard InChI is InChI=1S/C18H20N4O3/c23-15(24)7-8-22(10-12-4-3-9-25-12)18-16-13-5-1-2-6-14(13)21-17(16)19-11-20-18/h1-2,5-6,11-12H,3-4,7-10H2,(H,23,24)(H,19,20,21). The third-order valence-corrected chi connectivity index (χ3v) is 4.62. The summed E-state index contributed by atoms with van der Waals surface area (Å²) >= 11 is 0. The number of aromatic amines is 1. The molecule has 7 nitrogen and oxygen atoms in total. The lowest BCUT2D eigenvalue weighted by atomic mass is 10.1. The van der Waals surface area contributed by atoms with Gasteiger partial charge in [-0.2, -0.15) is 0 Å². The van der Waals surface area contributed by atoms with E-state index >= 15 is 0 Å². The van der Waals surface area contributed by atoms with Crippen LogP contribution in [0, 0.1) is 0 Å². The SMILES string of the molecule is O=C(O)CCN(CC1CCCO1)c1ncnc2[nH]c3ccccc3c12. The van der Waals surface area contributed by atoms with Crippen LogP contribution in [-0.4, -0.2) is 51.8 Å². The van der Waals surface area contributed by atoms with E-state index in [1.807, 2.05) is 29.2 Å². The Balaban J connectivity index is 1.77. The average molecular weight is 340 g/mol. The van der Waals surface area contributed by atoms with Gasteiger partial charge in [0, 0.05) is 30.6 Å². The number of benzene rings is 1. The van der Waals surface area contributed by atoms with Crippen molar-refractivity contribution in [1.82, 2.24) is 15.0 Å². The Bertz CT molecular complexity index is 902. The number of nitrogens with one attached hydrogen (secondary N) is 1. The fourth-order valence-electron chi connectivity index (χ4n) is 3.44. The van der Waals surface area contributed by atoms with E-state index in [0.717, 1.165) is 47.2 Å². The molecule has 1 aromatic carbocycles. The molecule has 7 heteroatoms. The Morgan fingerprint density at radius 3 is 3.04 bits per heavy atom. The number of aromatic nitrogens is 3. The van der Waals surface area contributed by atoms with E-state index < -0.39 is 5.97 Å². The first-order valence-corrected chi connectivity index (χ1v) is 8.52. The van der Waals surface area contributed by atoms with Crippen molar-refractivity contribution >= 4 is 33.7 Å². The van der Waals surface area contributed by atoms with Crippen LogP contribution in [0.4, 0.5) is 5.82 Å². The Morgan fingerprint density at radius 1 is 1.36 bits per heavy atom. The summed E-state index contributed by atoms with van der Waals surface area (Å²) < 4.78 is 5.75. The van der Waals surface area contributed by atoms with Crippen molar-refractivity contribution in [3.8, 4) is 0 Å². The summed E-state index contributed by atoms with van der Waals surface area (Å²) in [6.45, 7) is 1.80. The molecule has 1 saturated heterocycles. The molecule has 1 fully saturated rings. The predicted molar refractivity (Wildman–Crippen MR) is 94.8 cm³/mol. The van der Waals surface area contributed by atoms with Crippen molar-refractivity contribution in [2.75, 3.05) is 24.6 Å². The fraction of sp³-hybridized carbons (Fsp3) is 0.389. The maximum absolute atomic E-state index is 11.1. The second-order valence-electron chi connectivity index (χ2n) is 6.32. The number of carboxylic acids is 1. The number of hydrogen-bond acceptors (Lipinski definition) is 5. The monoisotopic (exact) mass is 340 g/mol. The highest BCUT2D eigenvalue weighted by atomic mass is 16.5. The van der Waals surface area contributed by atoms with Crippen LogP contribution in [0.15, 0.2) is 30.6 Å². The normalized spacial score (nSPS) is 17.4. The molecule has 1 unspecified atom stereocenters. The van der Waals surface area contributed by atoms with Crippen molar-refractivity contribution in [2.45, 2.75) is 25.4 Å². The molecule has 0 aliphatic carbocycles. The van der Waals surface area contributed by atoms with Gasteiger partial charge < -0.3 is 19.7 Å². The molecular weight excluding hydrogens is 320 g/mol. The van der Waals surface area contributed by atoms with E-state index in [2.05, 4.69) is 15.0 Å². The number of hydrogen-bond donors (Lipinski definition) is 2. The molecule has 25 heavy (non-hydrogen) atoms. The predicted octanol–water partition coefficient (Wildman–Crippen LogP) is 2.57. The molecule has 1 aliphatic rings. The van der Waals surface area contributed by atoms with Crippen molar-refractivity contribution in [3.05, 3.63) is 30.6 Å². The van der Waals surface area contributed by atoms with Gasteiger partial charge in [-0.1, -0.05) is 18.2 Å². The third kappa shape index (κ3) is 3.15. The molecule has 0 saturated carbocycles. The second kappa shape index (κ2) is 6.68. The van der Waals surface area contributed by atoms with Gasteiger partial charge in [0.25, 0.3) is 0 Å². The number of aliphatic carboxylic acids is 1. The quantitative estimate of drug-likeness (QED) is 0.717. The van der Waals surface area contributed by atoms with Crippen LogP contribution in [-0.2, 0) is 9.53 Å². The van der Waals surface area contributed by atoms with E-state index in [4.69, 9.17) is 9.84 Å². The second-order valence-corrected chi connectivity index (χ2v) is 6.32. The van der Waals surface area contributed by atoms with Crippen molar-refractivity contribution in [2.24, 2.45) is 0 Å². The fourth-order valence-corrected chi connectivity index (χ4v) is 3.44. The first-order chi connectivity index (χ1) is 12.2. The minimum atomic E-state index is -0.818. The summed E-state index contributed by atoms with van der Waals surface area (Å²) in [5.74, 6) is -0.0548. The number of H-pyrrole nitrogens is 1. The van der Waals surface area contributed by atoms with Crippen LogP contribution in [0.2, 0.25) is 0 Å². The molecule has 130 valence electrons. The number of rotatable bonds is 6. The molecule has 0 amide bonds. The summed E-state index contributed by atoms with van der Waals surface area (Å²) in [6.07, 6.45) is 3.73. The van der Waals surface area contributed by atoms with Gasteiger partial charge in [-0.05, 0) is 18.9 Å². The lowest BCUT2D eigenvalue weighted by Gasteiger charge is -2.26. The average Bonchev–Trinajstić information content (AvgIpc) is 3.25. The molecule has 0 bridgehead atoms. The highest BCUT2D eigenvalue weighted by Crippen LogP contribution is 2.31. The van der Waals surface area contributed by atoms with Gasteiger partial charge in [0.15, 0.2) is 0 Å². The Labute approximate surface area is 144 Å². The van der Waals surface area contributed by atoms with Crippen LogP contribution >= 0.6 is 0 Å². The van der Waals surface area contributed by atoms with E-state index in [-0.39, 0.29) is 12.5 Å². The van der Waals surface area contributed by atoms with Crippen molar-refractivity contribution in [3.63, 3.8) is 0 Å². The molecular formula is C18H20N4O3. The molecule has 0 radical (unpaired) electrons. The number of ether oxygens (including phenoxy) is 1. The Morgan fingerprint density at radius 2 is 2.24 bits per heavy atom. The van der Waals surface area contributed by atoms with Gasteiger partial charge >= 0.3 is 5.97 Å². The summed E-state index contributed by atoms with van der Waals surface area (Å²) in [5.41, 5.74) is 1.76. The van der Waals surface area contributed by atoms with Gasteiger partial charge in [0.1, 0.15) is 17.8 Å². The Hall–Kier alpha value is -2.67. The number of anilines is 1. The van der Waals surface area contributed by atoms with Crippen LogP contribution in [0.3, 0.4) is 0 Å². The maximum Gasteiger partial charge on any atom is 0.305 e. The lowest BCUT2D eigenvalue weighted by molar-refractivity contribution is -0.136. The number of para-hydroxylation sites is 1. The largest absolute Gasteiger partial charge is 0.481 e. The van der Waals surface area contributed by atoms with Gasteiger partial charge in [-0.25, -0.2) is 9.97 Å². The van der Waals surface area contributed by atoms with E-state index in [9.17, 15) is 4.79 Å². The highest BCUT2D eigenvalue weighted by molar-refractivity contribution is 6.11. The number of nitrogens with zero attached hydrogens (tertiary/aromatic N) is 3. The molecule has 0 spiro atoms. The van der Waals surface area contributed by atoms with Gasteiger partial charge in [-0.3, -0.25) is 4.79 Å². The molecule has 2 aromatic heterocycles. The smallest absolute Gasteiger partial charge is 0.305 e. The minimum absolute atomic E-state index is 0.0561. The summed E-state index contributed by atoms with van der Waals surface area (Å²) in [6, 6.07) is 7.98. The topological polar surface area (TPSA) is 91.3 Å². The lowest BCUT2D eigenvalue weighted by Crippen LogP contribution is -2.34. The number of fused-ring (bicyclic) bond motifs is 3. The zero-order valence-electron chi connectivity index (χ0n) is 13.8. The highest BCUT2D eigenvalue weighted by Gasteiger charge is 2.23.